The highest BCUT2D eigenvalue weighted by atomic mass is 16.5. The molecule has 104 valence electrons. The molecule has 0 aliphatic rings. The van der Waals surface area contributed by atoms with Crippen molar-refractivity contribution in [1.29, 1.82) is 0 Å². The van der Waals surface area contributed by atoms with Gasteiger partial charge < -0.3 is 14.7 Å². The van der Waals surface area contributed by atoms with E-state index in [9.17, 15) is 9.90 Å². The molecule has 1 N–H and O–H groups in total. The quantitative estimate of drug-likeness (QED) is 0.925. The number of carbonyl (C=O) groups excluding carboxylic acids is 1. The zero-order valence-corrected chi connectivity index (χ0v) is 11.4. The number of benzene rings is 1. The highest BCUT2D eigenvalue weighted by Gasteiger charge is 2.16. The summed E-state index contributed by atoms with van der Waals surface area (Å²) in [5, 5.41) is 9.87. The Morgan fingerprint density at radius 3 is 2.60 bits per heavy atom. The van der Waals surface area contributed by atoms with E-state index in [2.05, 4.69) is 4.98 Å². The minimum absolute atomic E-state index is 0.0871. The molecule has 5 heteroatoms. The van der Waals surface area contributed by atoms with E-state index in [0.717, 1.165) is 5.56 Å². The maximum Gasteiger partial charge on any atom is 0.257 e. The molecule has 1 aromatic heterocycles. The molecule has 0 saturated heterocycles. The molecule has 1 amide bonds. The molecule has 20 heavy (non-hydrogen) atoms. The third-order valence-electron chi connectivity index (χ3n) is 2.95. The van der Waals surface area contributed by atoms with E-state index >= 15 is 0 Å². The summed E-state index contributed by atoms with van der Waals surface area (Å²) in [5.41, 5.74) is 1.23. The van der Waals surface area contributed by atoms with Gasteiger partial charge in [0.15, 0.2) is 0 Å². The minimum Gasteiger partial charge on any atom is -0.507 e. The number of aromatic nitrogens is 1. The molecule has 2 aromatic rings. The van der Waals surface area contributed by atoms with Gasteiger partial charge in [-0.15, -0.1) is 0 Å². The number of pyridine rings is 1. The fourth-order valence-corrected chi connectivity index (χ4v) is 1.86. The summed E-state index contributed by atoms with van der Waals surface area (Å²) in [4.78, 5) is 17.7. The van der Waals surface area contributed by atoms with Gasteiger partial charge in [0.25, 0.3) is 5.91 Å². The number of nitrogens with zero attached hydrogens (tertiary/aromatic N) is 2. The number of phenols is 1. The first-order valence-electron chi connectivity index (χ1n) is 6.13. The molecule has 0 unspecified atom stereocenters. The van der Waals surface area contributed by atoms with Gasteiger partial charge >= 0.3 is 0 Å². The monoisotopic (exact) mass is 272 g/mol. The van der Waals surface area contributed by atoms with Gasteiger partial charge in [-0.25, -0.2) is 0 Å². The smallest absolute Gasteiger partial charge is 0.257 e. The second-order valence-corrected chi connectivity index (χ2v) is 4.40. The molecule has 1 heterocycles. The number of hydrogen-bond acceptors (Lipinski definition) is 4. The molecule has 2 rings (SSSR count). The van der Waals surface area contributed by atoms with Crippen molar-refractivity contribution in [2.24, 2.45) is 0 Å². The Bertz CT molecular complexity index is 599. The molecule has 0 bridgehead atoms. The van der Waals surface area contributed by atoms with Crippen molar-refractivity contribution in [3.05, 3.63) is 53.9 Å². The van der Waals surface area contributed by atoms with Crippen LogP contribution in [0.2, 0.25) is 0 Å². The van der Waals surface area contributed by atoms with Crippen LogP contribution in [0.1, 0.15) is 15.9 Å². The second kappa shape index (κ2) is 6.06. The van der Waals surface area contributed by atoms with Crippen LogP contribution >= 0.6 is 0 Å². The van der Waals surface area contributed by atoms with Gasteiger partial charge in [-0.1, -0.05) is 0 Å². The molecule has 0 fully saturated rings. The van der Waals surface area contributed by atoms with E-state index in [-0.39, 0.29) is 17.2 Å². The molecule has 0 spiro atoms. The zero-order valence-electron chi connectivity index (χ0n) is 11.4. The Morgan fingerprint density at radius 2 is 2.00 bits per heavy atom. The summed E-state index contributed by atoms with van der Waals surface area (Å²) in [7, 11) is 3.19. The van der Waals surface area contributed by atoms with Crippen LogP contribution in [0.15, 0.2) is 42.7 Å². The van der Waals surface area contributed by atoms with Crippen LogP contribution in [-0.2, 0) is 6.54 Å². The van der Waals surface area contributed by atoms with Gasteiger partial charge in [0.05, 0.1) is 12.7 Å². The van der Waals surface area contributed by atoms with Crippen molar-refractivity contribution in [3.63, 3.8) is 0 Å². The molecule has 0 aliphatic carbocycles. The molecule has 1 aromatic carbocycles. The maximum atomic E-state index is 12.3. The number of methoxy groups -OCH3 is 1. The van der Waals surface area contributed by atoms with Crippen molar-refractivity contribution >= 4 is 5.91 Å². The first-order chi connectivity index (χ1) is 9.61. The van der Waals surface area contributed by atoms with Crippen LogP contribution in [0.4, 0.5) is 0 Å². The summed E-state index contributed by atoms with van der Waals surface area (Å²) >= 11 is 0. The van der Waals surface area contributed by atoms with Gasteiger partial charge in [0.2, 0.25) is 0 Å². The summed E-state index contributed by atoms with van der Waals surface area (Å²) in [5.74, 6) is 0.175. The summed E-state index contributed by atoms with van der Waals surface area (Å²) < 4.78 is 4.99. The fraction of sp³-hybridized carbons (Fsp3) is 0.200. The van der Waals surface area contributed by atoms with E-state index in [0.29, 0.717) is 12.3 Å². The average molecular weight is 272 g/mol. The lowest BCUT2D eigenvalue weighted by molar-refractivity contribution is 0.0782. The lowest BCUT2D eigenvalue weighted by atomic mass is 10.1. The minimum atomic E-state index is -0.248. The number of ether oxygens (including phenoxy) is 1. The topological polar surface area (TPSA) is 62.7 Å². The number of rotatable bonds is 4. The van der Waals surface area contributed by atoms with Crippen LogP contribution in [-0.4, -0.2) is 35.1 Å². The molecule has 0 saturated carbocycles. The fourth-order valence-electron chi connectivity index (χ4n) is 1.86. The highest BCUT2D eigenvalue weighted by molar-refractivity contribution is 5.96. The van der Waals surface area contributed by atoms with Crippen molar-refractivity contribution in [2.75, 3.05) is 14.2 Å². The van der Waals surface area contributed by atoms with Crippen LogP contribution < -0.4 is 4.74 Å². The second-order valence-electron chi connectivity index (χ2n) is 4.40. The largest absolute Gasteiger partial charge is 0.507 e. The van der Waals surface area contributed by atoms with Gasteiger partial charge in [0.1, 0.15) is 11.5 Å². The normalized spacial score (nSPS) is 10.1. The molecule has 0 atom stereocenters. The lowest BCUT2D eigenvalue weighted by Crippen LogP contribution is -2.26. The van der Waals surface area contributed by atoms with Crippen molar-refractivity contribution in [3.8, 4) is 11.5 Å². The number of amides is 1. The third kappa shape index (κ3) is 3.06. The van der Waals surface area contributed by atoms with E-state index in [1.54, 1.807) is 31.6 Å². The Balaban J connectivity index is 2.14. The Morgan fingerprint density at radius 1 is 1.30 bits per heavy atom. The van der Waals surface area contributed by atoms with Crippen LogP contribution in [0, 0.1) is 0 Å². The highest BCUT2D eigenvalue weighted by Crippen LogP contribution is 2.24. The van der Waals surface area contributed by atoms with E-state index in [4.69, 9.17) is 4.74 Å². The standard InChI is InChI=1S/C15H16N2O3/c1-17(10-11-5-7-16-8-6-11)15(19)13-4-3-12(20-2)9-14(13)18/h3-9,18H,10H2,1-2H3. The van der Waals surface area contributed by atoms with E-state index < -0.39 is 0 Å². The first kappa shape index (κ1) is 13.9. The van der Waals surface area contributed by atoms with E-state index in [1.807, 2.05) is 12.1 Å². The van der Waals surface area contributed by atoms with E-state index in [1.165, 1.54) is 18.1 Å². The van der Waals surface area contributed by atoms with Crippen LogP contribution in [0.25, 0.3) is 0 Å². The lowest BCUT2D eigenvalue weighted by Gasteiger charge is -2.18. The van der Waals surface area contributed by atoms with Gasteiger partial charge in [0, 0.05) is 32.1 Å². The molecular formula is C15H16N2O3. The Hall–Kier alpha value is -2.56. The molecule has 5 nitrogen and oxygen atoms in total. The summed E-state index contributed by atoms with van der Waals surface area (Å²) in [6, 6.07) is 8.32. The SMILES string of the molecule is COc1ccc(C(=O)N(C)Cc2ccncc2)c(O)c1. The molecule has 0 aliphatic heterocycles. The molecule has 0 radical (unpaired) electrons. The average Bonchev–Trinajstić information content (AvgIpc) is 2.47. The van der Waals surface area contributed by atoms with Gasteiger partial charge in [-0.2, -0.15) is 0 Å². The van der Waals surface area contributed by atoms with Crippen molar-refractivity contribution in [1.82, 2.24) is 9.88 Å². The third-order valence-corrected chi connectivity index (χ3v) is 2.95. The number of aromatic hydroxyl groups is 1. The Kier molecular flexibility index (Phi) is 4.20. The predicted molar refractivity (Wildman–Crippen MR) is 74.7 cm³/mol. The molecular weight excluding hydrogens is 256 g/mol. The Labute approximate surface area is 117 Å². The van der Waals surface area contributed by atoms with Gasteiger partial charge in [-0.05, 0) is 29.8 Å². The maximum absolute atomic E-state index is 12.3. The van der Waals surface area contributed by atoms with Gasteiger partial charge in [-0.3, -0.25) is 9.78 Å². The summed E-state index contributed by atoms with van der Waals surface area (Å²) in [6.07, 6.45) is 3.36. The van der Waals surface area contributed by atoms with Crippen LogP contribution in [0.5, 0.6) is 11.5 Å². The van der Waals surface area contributed by atoms with Crippen molar-refractivity contribution < 1.29 is 14.6 Å². The number of hydrogen-bond donors (Lipinski definition) is 1. The zero-order chi connectivity index (χ0) is 14.5. The number of carbonyl (C=O) groups is 1. The van der Waals surface area contributed by atoms with Crippen LogP contribution in [0.3, 0.4) is 0 Å². The van der Waals surface area contributed by atoms with Crippen molar-refractivity contribution in [2.45, 2.75) is 6.54 Å². The first-order valence-corrected chi connectivity index (χ1v) is 6.13. The summed E-state index contributed by atoms with van der Waals surface area (Å²) in [6.45, 7) is 0.451. The predicted octanol–water partition coefficient (Wildman–Crippen LogP) is 2.07. The number of phenolic OH excluding ortho intramolecular Hbond substituents is 1.